The molecule has 2 fully saturated rings. The fourth-order valence-electron chi connectivity index (χ4n) is 6.48. The molecule has 0 spiro atoms. The Kier molecular flexibility index (Phi) is 12.4. The molecule has 5 atom stereocenters. The molecule has 48 heavy (non-hydrogen) atoms. The Hall–Kier alpha value is -4.61. The predicted octanol–water partition coefficient (Wildman–Crippen LogP) is 3.77. The second-order valence-electron chi connectivity index (χ2n) is 13.4. The molecule has 2 aromatic carbocycles. The first-order valence-corrected chi connectivity index (χ1v) is 17.0. The highest BCUT2D eigenvalue weighted by Gasteiger charge is 2.48. The van der Waals surface area contributed by atoms with Gasteiger partial charge >= 0.3 is 12.1 Å². The zero-order chi connectivity index (χ0) is 34.8. The van der Waals surface area contributed by atoms with Crippen LogP contribution in [-0.2, 0) is 19.1 Å². The fourth-order valence-corrected chi connectivity index (χ4v) is 6.48. The molecule has 0 aliphatic carbocycles. The van der Waals surface area contributed by atoms with Gasteiger partial charge in [0.1, 0.15) is 23.7 Å². The zero-order valence-corrected chi connectivity index (χ0v) is 28.6. The Morgan fingerprint density at radius 1 is 0.854 bits per heavy atom. The number of urea groups is 1. The molecular weight excluding hydrogens is 612 g/mol. The van der Waals surface area contributed by atoms with Gasteiger partial charge in [0.2, 0.25) is 17.7 Å². The Bertz CT molecular complexity index is 1380. The molecule has 4 rings (SSSR count). The molecular formula is C36H50N6O6. The summed E-state index contributed by atoms with van der Waals surface area (Å²) in [6.07, 6.45) is 1.78. The number of carbonyl (C=O) groups is 5. The van der Waals surface area contributed by atoms with Gasteiger partial charge in [-0.3, -0.25) is 14.4 Å². The SMILES string of the molecule is CCNC(=O)NCC1CCC2CCC(C(=O)NC(c3ccccc3)c3ccccc3)N2C(=O)C1NC(=O)[C@H](CC)NC(=O)OC(C)(C)C. The van der Waals surface area contributed by atoms with E-state index >= 15 is 0 Å². The number of amides is 6. The standard InChI is InChI=1S/C36H50N6O6/c1-6-27(39-35(47)48-36(3,4)5)31(43)41-30-25(22-38-34(46)37-7-2)18-19-26-20-21-28(42(26)33(30)45)32(44)40-29(23-14-10-8-11-15-23)24-16-12-9-13-17-24/h8-17,25-30H,6-7,18-22H2,1-5H3,(H,39,47)(H,40,44)(H,41,43)(H2,37,38,46)/t25?,26?,27-,28?,30?/m0/s1. The van der Waals surface area contributed by atoms with E-state index in [1.54, 1.807) is 39.5 Å². The van der Waals surface area contributed by atoms with E-state index < -0.39 is 47.7 Å². The minimum atomic E-state index is -1.04. The maximum Gasteiger partial charge on any atom is 0.408 e. The van der Waals surface area contributed by atoms with Gasteiger partial charge in [-0.1, -0.05) is 67.6 Å². The Balaban J connectivity index is 1.58. The number of nitrogens with one attached hydrogen (secondary N) is 5. The summed E-state index contributed by atoms with van der Waals surface area (Å²) < 4.78 is 5.35. The molecule has 2 aromatic rings. The molecule has 260 valence electrons. The summed E-state index contributed by atoms with van der Waals surface area (Å²) >= 11 is 0. The Labute approximate surface area is 283 Å². The highest BCUT2D eigenvalue weighted by atomic mass is 16.6. The van der Waals surface area contributed by atoms with E-state index in [0.29, 0.717) is 32.2 Å². The van der Waals surface area contributed by atoms with E-state index in [4.69, 9.17) is 4.74 Å². The van der Waals surface area contributed by atoms with Crippen molar-refractivity contribution in [3.05, 3.63) is 71.8 Å². The van der Waals surface area contributed by atoms with Gasteiger partial charge in [-0.2, -0.15) is 0 Å². The lowest BCUT2D eigenvalue weighted by atomic mass is 9.92. The van der Waals surface area contributed by atoms with Crippen LogP contribution >= 0.6 is 0 Å². The van der Waals surface area contributed by atoms with Gasteiger partial charge in [0, 0.05) is 25.0 Å². The third-order valence-corrected chi connectivity index (χ3v) is 8.80. The van der Waals surface area contributed by atoms with Gasteiger partial charge in [0.25, 0.3) is 0 Å². The van der Waals surface area contributed by atoms with Crippen LogP contribution in [0.4, 0.5) is 9.59 Å². The predicted molar refractivity (Wildman–Crippen MR) is 182 cm³/mol. The number of nitrogens with zero attached hydrogens (tertiary/aromatic N) is 1. The van der Waals surface area contributed by atoms with Gasteiger partial charge in [-0.05, 0) is 70.9 Å². The summed E-state index contributed by atoms with van der Waals surface area (Å²) in [4.78, 5) is 68.7. The van der Waals surface area contributed by atoms with Crippen LogP contribution in [0, 0.1) is 5.92 Å². The molecule has 12 heteroatoms. The lowest BCUT2D eigenvalue weighted by Crippen LogP contribution is -2.60. The molecule has 0 radical (unpaired) electrons. The maximum atomic E-state index is 14.5. The molecule has 2 heterocycles. The minimum absolute atomic E-state index is 0.139. The minimum Gasteiger partial charge on any atom is -0.444 e. The van der Waals surface area contributed by atoms with Crippen molar-refractivity contribution >= 4 is 29.8 Å². The largest absolute Gasteiger partial charge is 0.444 e. The van der Waals surface area contributed by atoms with E-state index in [1.165, 1.54) is 0 Å². The Morgan fingerprint density at radius 2 is 1.46 bits per heavy atom. The van der Waals surface area contributed by atoms with Crippen molar-refractivity contribution in [1.82, 2.24) is 31.5 Å². The Morgan fingerprint density at radius 3 is 2.02 bits per heavy atom. The normalized spacial score (nSPS) is 21.4. The number of hydrogen-bond donors (Lipinski definition) is 5. The van der Waals surface area contributed by atoms with Crippen molar-refractivity contribution in [1.29, 1.82) is 0 Å². The summed E-state index contributed by atoms with van der Waals surface area (Å²) in [5.41, 5.74) is 1.07. The topological polar surface area (TPSA) is 158 Å². The second kappa shape index (κ2) is 16.5. The molecule has 4 unspecified atom stereocenters. The van der Waals surface area contributed by atoms with Crippen LogP contribution in [0.3, 0.4) is 0 Å². The van der Waals surface area contributed by atoms with Gasteiger partial charge in [-0.15, -0.1) is 0 Å². The average molecular weight is 663 g/mol. The second-order valence-corrected chi connectivity index (χ2v) is 13.4. The van der Waals surface area contributed by atoms with Crippen LogP contribution in [0.1, 0.15) is 83.9 Å². The summed E-state index contributed by atoms with van der Waals surface area (Å²) in [5.74, 6) is -1.64. The van der Waals surface area contributed by atoms with Crippen LogP contribution in [0.25, 0.3) is 0 Å². The summed E-state index contributed by atoms with van der Waals surface area (Å²) in [6.45, 7) is 9.31. The van der Waals surface area contributed by atoms with Crippen LogP contribution in [0.15, 0.2) is 60.7 Å². The van der Waals surface area contributed by atoms with Gasteiger partial charge in [0.15, 0.2) is 0 Å². The monoisotopic (exact) mass is 662 g/mol. The maximum absolute atomic E-state index is 14.5. The smallest absolute Gasteiger partial charge is 0.408 e. The molecule has 5 N–H and O–H groups in total. The lowest BCUT2D eigenvalue weighted by molar-refractivity contribution is -0.143. The lowest BCUT2D eigenvalue weighted by Gasteiger charge is -2.33. The third kappa shape index (κ3) is 9.48. The number of fused-ring (bicyclic) bond motifs is 1. The molecule has 2 aliphatic rings. The van der Waals surface area contributed by atoms with Crippen LogP contribution < -0.4 is 26.6 Å². The molecule has 2 aliphatic heterocycles. The fraction of sp³-hybridized carbons (Fsp3) is 0.528. The molecule has 0 bridgehead atoms. The van der Waals surface area contributed by atoms with E-state index in [-0.39, 0.29) is 36.9 Å². The van der Waals surface area contributed by atoms with E-state index in [2.05, 4.69) is 26.6 Å². The highest BCUT2D eigenvalue weighted by molar-refractivity contribution is 5.95. The number of ether oxygens (including phenoxy) is 1. The number of rotatable bonds is 11. The van der Waals surface area contributed by atoms with Crippen molar-refractivity contribution in [2.24, 2.45) is 5.92 Å². The summed E-state index contributed by atoms with van der Waals surface area (Å²) in [7, 11) is 0. The molecule has 2 saturated heterocycles. The van der Waals surface area contributed by atoms with Crippen molar-refractivity contribution < 1.29 is 28.7 Å². The number of alkyl carbamates (subject to hydrolysis) is 1. The van der Waals surface area contributed by atoms with Gasteiger partial charge in [-0.25, -0.2) is 9.59 Å². The number of hydrogen-bond acceptors (Lipinski definition) is 6. The van der Waals surface area contributed by atoms with Crippen molar-refractivity contribution in [3.63, 3.8) is 0 Å². The van der Waals surface area contributed by atoms with Gasteiger partial charge in [0.05, 0.1) is 6.04 Å². The number of benzene rings is 2. The van der Waals surface area contributed by atoms with E-state index in [0.717, 1.165) is 11.1 Å². The quantitative estimate of drug-likeness (QED) is 0.247. The zero-order valence-electron chi connectivity index (χ0n) is 28.6. The summed E-state index contributed by atoms with van der Waals surface area (Å²) in [6, 6.07) is 15.6. The average Bonchev–Trinajstić information content (AvgIpc) is 3.44. The van der Waals surface area contributed by atoms with Crippen LogP contribution in [0.5, 0.6) is 0 Å². The highest BCUT2D eigenvalue weighted by Crippen LogP contribution is 2.35. The third-order valence-electron chi connectivity index (χ3n) is 8.80. The van der Waals surface area contributed by atoms with Crippen LogP contribution in [-0.4, -0.2) is 77.6 Å². The molecule has 0 aromatic heterocycles. The molecule has 6 amide bonds. The number of carbonyl (C=O) groups excluding carboxylic acids is 5. The summed E-state index contributed by atoms with van der Waals surface area (Å²) in [5, 5.41) is 14.2. The van der Waals surface area contributed by atoms with E-state index in [9.17, 15) is 24.0 Å². The molecule has 0 saturated carbocycles. The van der Waals surface area contributed by atoms with Crippen molar-refractivity contribution in [2.75, 3.05) is 13.1 Å². The van der Waals surface area contributed by atoms with Crippen molar-refractivity contribution in [3.8, 4) is 0 Å². The van der Waals surface area contributed by atoms with Gasteiger partial charge < -0.3 is 36.2 Å². The first-order chi connectivity index (χ1) is 22.9. The molecule has 12 nitrogen and oxygen atoms in total. The first kappa shape index (κ1) is 36.2. The van der Waals surface area contributed by atoms with Crippen molar-refractivity contribution in [2.45, 2.75) is 103 Å². The van der Waals surface area contributed by atoms with E-state index in [1.807, 2.05) is 60.7 Å². The van der Waals surface area contributed by atoms with Crippen LogP contribution in [0.2, 0.25) is 0 Å². The first-order valence-electron chi connectivity index (χ1n) is 17.0.